The van der Waals surface area contributed by atoms with Crippen molar-refractivity contribution in [3.8, 4) is 0 Å². The highest BCUT2D eigenvalue weighted by molar-refractivity contribution is 5.22. The smallest absolute Gasteiger partial charge is 0.0639 e. The molecule has 0 amide bonds. The first-order valence-electron chi connectivity index (χ1n) is 6.04. The van der Waals surface area contributed by atoms with Crippen molar-refractivity contribution in [2.45, 2.75) is 33.2 Å². The number of rotatable bonds is 3. The highest BCUT2D eigenvalue weighted by Crippen LogP contribution is 2.20. The first-order valence-corrected chi connectivity index (χ1v) is 6.04. The Balaban J connectivity index is 1.99. The molecule has 1 aliphatic heterocycles. The average Bonchev–Trinajstić information content (AvgIpc) is 2.61. The molecule has 0 bridgehead atoms. The Morgan fingerprint density at radius 2 is 2.31 bits per heavy atom. The summed E-state index contributed by atoms with van der Waals surface area (Å²) in [5.41, 5.74) is 3.59. The standard InChI is InChI=1S/C12H21N3O/c1-9-12(10(2)14-13-9)7-15-5-3-4-11(6-15)8-16/h11,16H,3-8H2,1-2H3,(H,13,14)/t11-/m0/s1. The Hall–Kier alpha value is -0.870. The van der Waals surface area contributed by atoms with Crippen molar-refractivity contribution in [2.24, 2.45) is 5.92 Å². The van der Waals surface area contributed by atoms with E-state index < -0.39 is 0 Å². The molecule has 0 radical (unpaired) electrons. The van der Waals surface area contributed by atoms with Gasteiger partial charge in [-0.2, -0.15) is 5.10 Å². The summed E-state index contributed by atoms with van der Waals surface area (Å²) in [4.78, 5) is 2.43. The number of aryl methyl sites for hydroxylation is 2. The van der Waals surface area contributed by atoms with Crippen LogP contribution >= 0.6 is 0 Å². The summed E-state index contributed by atoms with van der Waals surface area (Å²) in [6.45, 7) is 7.56. The van der Waals surface area contributed by atoms with Gasteiger partial charge >= 0.3 is 0 Å². The molecule has 2 N–H and O–H groups in total. The van der Waals surface area contributed by atoms with Crippen molar-refractivity contribution in [2.75, 3.05) is 19.7 Å². The van der Waals surface area contributed by atoms with Crippen molar-refractivity contribution in [1.29, 1.82) is 0 Å². The molecule has 90 valence electrons. The Labute approximate surface area is 96.7 Å². The molecule has 2 heterocycles. The third-order valence-corrected chi connectivity index (χ3v) is 3.52. The fourth-order valence-electron chi connectivity index (χ4n) is 2.47. The normalized spacial score (nSPS) is 22.6. The lowest BCUT2D eigenvalue weighted by Gasteiger charge is -2.31. The van der Waals surface area contributed by atoms with Crippen molar-refractivity contribution in [3.63, 3.8) is 0 Å². The minimum Gasteiger partial charge on any atom is -0.396 e. The van der Waals surface area contributed by atoms with E-state index in [1.807, 2.05) is 6.92 Å². The van der Waals surface area contributed by atoms with Gasteiger partial charge in [0.15, 0.2) is 0 Å². The van der Waals surface area contributed by atoms with Gasteiger partial charge in [-0.15, -0.1) is 0 Å². The summed E-state index contributed by atoms with van der Waals surface area (Å²) in [6.07, 6.45) is 2.36. The molecule has 0 unspecified atom stereocenters. The average molecular weight is 223 g/mol. The molecule has 0 saturated carbocycles. The van der Waals surface area contributed by atoms with Gasteiger partial charge in [0.05, 0.1) is 5.69 Å². The van der Waals surface area contributed by atoms with Crippen LogP contribution in [0.15, 0.2) is 0 Å². The Kier molecular flexibility index (Phi) is 3.61. The quantitative estimate of drug-likeness (QED) is 0.810. The van der Waals surface area contributed by atoms with Crippen molar-refractivity contribution in [1.82, 2.24) is 15.1 Å². The van der Waals surface area contributed by atoms with Crippen LogP contribution in [-0.4, -0.2) is 39.9 Å². The summed E-state index contributed by atoms with van der Waals surface area (Å²) >= 11 is 0. The second kappa shape index (κ2) is 4.97. The fraction of sp³-hybridized carbons (Fsp3) is 0.750. The maximum absolute atomic E-state index is 9.20. The van der Waals surface area contributed by atoms with Crippen molar-refractivity contribution < 1.29 is 5.11 Å². The summed E-state index contributed by atoms with van der Waals surface area (Å²) in [5.74, 6) is 0.460. The molecule has 2 rings (SSSR count). The topological polar surface area (TPSA) is 52.2 Å². The molecule has 1 aromatic heterocycles. The Morgan fingerprint density at radius 1 is 1.50 bits per heavy atom. The SMILES string of the molecule is Cc1n[nH]c(C)c1CN1CCC[C@H](CO)C1. The van der Waals surface area contributed by atoms with Crippen molar-refractivity contribution >= 4 is 0 Å². The molecule has 1 saturated heterocycles. The van der Waals surface area contributed by atoms with Gasteiger partial charge in [0, 0.05) is 31.0 Å². The van der Waals surface area contributed by atoms with Crippen LogP contribution in [0.3, 0.4) is 0 Å². The monoisotopic (exact) mass is 223 g/mol. The molecular formula is C12H21N3O. The Morgan fingerprint density at radius 3 is 2.94 bits per heavy atom. The van der Waals surface area contributed by atoms with Gasteiger partial charge in [0.2, 0.25) is 0 Å². The number of aliphatic hydroxyl groups excluding tert-OH is 1. The van der Waals surface area contributed by atoms with Gasteiger partial charge in [0.1, 0.15) is 0 Å². The van der Waals surface area contributed by atoms with E-state index in [2.05, 4.69) is 22.0 Å². The van der Waals surface area contributed by atoms with Crippen LogP contribution in [0.1, 0.15) is 29.8 Å². The number of nitrogens with one attached hydrogen (secondary N) is 1. The van der Waals surface area contributed by atoms with Crippen molar-refractivity contribution in [3.05, 3.63) is 17.0 Å². The van der Waals surface area contributed by atoms with Gasteiger partial charge in [-0.3, -0.25) is 10.00 Å². The largest absolute Gasteiger partial charge is 0.396 e. The van der Waals surface area contributed by atoms with E-state index >= 15 is 0 Å². The first kappa shape index (κ1) is 11.6. The number of nitrogens with zero attached hydrogens (tertiary/aromatic N) is 2. The highest BCUT2D eigenvalue weighted by Gasteiger charge is 2.20. The zero-order chi connectivity index (χ0) is 11.5. The van der Waals surface area contributed by atoms with E-state index in [1.54, 1.807) is 0 Å². The van der Waals surface area contributed by atoms with Crippen LogP contribution in [0.2, 0.25) is 0 Å². The lowest BCUT2D eigenvalue weighted by atomic mass is 9.98. The number of aliphatic hydroxyl groups is 1. The highest BCUT2D eigenvalue weighted by atomic mass is 16.3. The zero-order valence-corrected chi connectivity index (χ0v) is 10.2. The predicted molar refractivity (Wildman–Crippen MR) is 63.1 cm³/mol. The molecule has 16 heavy (non-hydrogen) atoms. The molecule has 0 spiro atoms. The van der Waals surface area contributed by atoms with Crippen LogP contribution in [0, 0.1) is 19.8 Å². The van der Waals surface area contributed by atoms with Crippen LogP contribution in [0.5, 0.6) is 0 Å². The van der Waals surface area contributed by atoms with Crippen LogP contribution < -0.4 is 0 Å². The van der Waals surface area contributed by atoms with E-state index in [9.17, 15) is 5.11 Å². The molecular weight excluding hydrogens is 202 g/mol. The number of hydrogen-bond donors (Lipinski definition) is 2. The van der Waals surface area contributed by atoms with E-state index in [-0.39, 0.29) is 0 Å². The lowest BCUT2D eigenvalue weighted by Crippen LogP contribution is -2.36. The van der Waals surface area contributed by atoms with Gasteiger partial charge in [-0.05, 0) is 39.2 Å². The third kappa shape index (κ3) is 2.44. The number of aromatic amines is 1. The number of hydrogen-bond acceptors (Lipinski definition) is 3. The summed E-state index contributed by atoms with van der Waals surface area (Å²) in [5, 5.41) is 16.4. The third-order valence-electron chi connectivity index (χ3n) is 3.52. The molecule has 1 fully saturated rings. The van der Waals surface area contributed by atoms with Gasteiger partial charge in [-0.25, -0.2) is 0 Å². The van der Waals surface area contributed by atoms with E-state index in [1.165, 1.54) is 17.7 Å². The number of aromatic nitrogens is 2. The molecule has 0 aliphatic carbocycles. The minimum absolute atomic E-state index is 0.319. The number of piperidine rings is 1. The van der Waals surface area contributed by atoms with Crippen LogP contribution in [0.4, 0.5) is 0 Å². The van der Waals surface area contributed by atoms with Gasteiger partial charge in [0.25, 0.3) is 0 Å². The van der Waals surface area contributed by atoms with E-state index in [0.29, 0.717) is 12.5 Å². The fourth-order valence-corrected chi connectivity index (χ4v) is 2.47. The second-order valence-corrected chi connectivity index (χ2v) is 4.84. The number of likely N-dealkylation sites (tertiary alicyclic amines) is 1. The molecule has 4 heteroatoms. The van der Waals surface area contributed by atoms with Gasteiger partial charge < -0.3 is 5.11 Å². The maximum atomic E-state index is 9.20. The zero-order valence-electron chi connectivity index (χ0n) is 10.2. The summed E-state index contributed by atoms with van der Waals surface area (Å²) < 4.78 is 0. The molecule has 0 aromatic carbocycles. The molecule has 1 aliphatic rings. The number of H-pyrrole nitrogens is 1. The van der Waals surface area contributed by atoms with Crippen LogP contribution in [0.25, 0.3) is 0 Å². The first-order chi connectivity index (χ1) is 7.70. The van der Waals surface area contributed by atoms with E-state index in [0.717, 1.165) is 31.7 Å². The summed E-state index contributed by atoms with van der Waals surface area (Å²) in [6, 6.07) is 0. The minimum atomic E-state index is 0.319. The molecule has 4 nitrogen and oxygen atoms in total. The molecule has 1 atom stereocenters. The lowest BCUT2D eigenvalue weighted by molar-refractivity contribution is 0.115. The van der Waals surface area contributed by atoms with Crippen LogP contribution in [-0.2, 0) is 6.54 Å². The maximum Gasteiger partial charge on any atom is 0.0639 e. The van der Waals surface area contributed by atoms with E-state index in [4.69, 9.17) is 0 Å². The second-order valence-electron chi connectivity index (χ2n) is 4.84. The molecule has 1 aromatic rings. The Bertz CT molecular complexity index is 329. The van der Waals surface area contributed by atoms with Gasteiger partial charge in [-0.1, -0.05) is 0 Å². The predicted octanol–water partition coefficient (Wildman–Crippen LogP) is 1.23. The summed E-state index contributed by atoms with van der Waals surface area (Å²) in [7, 11) is 0.